The summed E-state index contributed by atoms with van der Waals surface area (Å²) in [6.45, 7) is 1.95. The number of hydrogen-bond acceptors (Lipinski definition) is 4. The van der Waals surface area contributed by atoms with Gasteiger partial charge >= 0.3 is 0 Å². The fraction of sp³-hybridized carbons (Fsp3) is 0.778. The summed E-state index contributed by atoms with van der Waals surface area (Å²) in [6, 6.07) is 2.06. The first-order valence-electron chi connectivity index (χ1n) is 4.70. The van der Waals surface area contributed by atoms with Gasteiger partial charge in [-0.15, -0.1) is 0 Å². The Kier molecular flexibility index (Phi) is 3.44. The Bertz CT molecular complexity index is 251. The van der Waals surface area contributed by atoms with Crippen LogP contribution in [-0.2, 0) is 4.79 Å². The summed E-state index contributed by atoms with van der Waals surface area (Å²) >= 11 is 0. The average molecular weight is 197 g/mol. The summed E-state index contributed by atoms with van der Waals surface area (Å²) in [5.41, 5.74) is 3.76. The lowest BCUT2D eigenvalue weighted by Crippen LogP contribution is -2.52. The lowest BCUT2D eigenvalue weighted by molar-refractivity contribution is -0.141. The van der Waals surface area contributed by atoms with Crippen molar-refractivity contribution in [3.05, 3.63) is 0 Å². The normalized spacial score (nSPS) is 21.4. The minimum Gasteiger partial charge on any atom is -0.380 e. The van der Waals surface area contributed by atoms with E-state index in [-0.39, 0.29) is 0 Å². The summed E-state index contributed by atoms with van der Waals surface area (Å²) in [7, 11) is 0. The number of carbonyl (C=O) groups is 1. The van der Waals surface area contributed by atoms with Crippen molar-refractivity contribution in [1.29, 1.82) is 5.26 Å². The van der Waals surface area contributed by atoms with Crippen LogP contribution in [0, 0.1) is 11.3 Å². The van der Waals surface area contributed by atoms with Crippen LogP contribution in [0.25, 0.3) is 0 Å². The molecule has 0 bridgehead atoms. The lowest BCUT2D eigenvalue weighted by atomic mass is 9.91. The van der Waals surface area contributed by atoms with Crippen molar-refractivity contribution >= 4 is 5.91 Å². The SMILES string of the molecule is N#CCCN1CCC(O)(C(N)=O)CC1. The van der Waals surface area contributed by atoms with Crippen molar-refractivity contribution in [3.8, 4) is 6.07 Å². The molecule has 0 saturated carbocycles. The monoisotopic (exact) mass is 197 g/mol. The van der Waals surface area contributed by atoms with Gasteiger partial charge in [-0.3, -0.25) is 4.79 Å². The number of nitriles is 1. The van der Waals surface area contributed by atoms with Crippen LogP contribution in [0.1, 0.15) is 19.3 Å². The van der Waals surface area contributed by atoms with Crippen LogP contribution >= 0.6 is 0 Å². The number of hydrogen-bond donors (Lipinski definition) is 2. The van der Waals surface area contributed by atoms with Gasteiger partial charge in [0, 0.05) is 26.1 Å². The summed E-state index contributed by atoms with van der Waals surface area (Å²) in [4.78, 5) is 13.0. The third kappa shape index (κ3) is 2.44. The van der Waals surface area contributed by atoms with Gasteiger partial charge in [0.1, 0.15) is 5.60 Å². The first-order valence-corrected chi connectivity index (χ1v) is 4.70. The highest BCUT2D eigenvalue weighted by Crippen LogP contribution is 2.21. The van der Waals surface area contributed by atoms with Crippen LogP contribution in [0.4, 0.5) is 0 Å². The molecule has 14 heavy (non-hydrogen) atoms. The van der Waals surface area contributed by atoms with Crippen LogP contribution in [0.3, 0.4) is 0 Å². The highest BCUT2D eigenvalue weighted by molar-refractivity contribution is 5.83. The van der Waals surface area contributed by atoms with Crippen LogP contribution in [0.2, 0.25) is 0 Å². The molecule has 1 aliphatic heterocycles. The third-order valence-corrected chi connectivity index (χ3v) is 2.68. The minimum atomic E-state index is -1.33. The van der Waals surface area contributed by atoms with Crippen LogP contribution in [0.15, 0.2) is 0 Å². The van der Waals surface area contributed by atoms with Gasteiger partial charge < -0.3 is 15.7 Å². The Balaban J connectivity index is 2.38. The predicted molar refractivity (Wildman–Crippen MR) is 50.0 cm³/mol. The van der Waals surface area contributed by atoms with Gasteiger partial charge in [-0.2, -0.15) is 5.26 Å². The molecular weight excluding hydrogens is 182 g/mol. The van der Waals surface area contributed by atoms with E-state index in [1.165, 1.54) is 0 Å². The Morgan fingerprint density at radius 3 is 2.57 bits per heavy atom. The molecule has 78 valence electrons. The van der Waals surface area contributed by atoms with E-state index in [1.54, 1.807) is 0 Å². The largest absolute Gasteiger partial charge is 0.380 e. The van der Waals surface area contributed by atoms with Gasteiger partial charge in [0.15, 0.2) is 0 Å². The molecule has 0 spiro atoms. The quantitative estimate of drug-likeness (QED) is 0.620. The number of nitrogens with zero attached hydrogens (tertiary/aromatic N) is 2. The van der Waals surface area contributed by atoms with Gasteiger partial charge in [0.2, 0.25) is 5.91 Å². The molecule has 3 N–H and O–H groups in total. The number of amides is 1. The molecule has 0 unspecified atom stereocenters. The maximum atomic E-state index is 10.9. The maximum absolute atomic E-state index is 10.9. The standard InChI is InChI=1S/C9H15N3O2/c10-4-1-5-12-6-2-9(14,3-7-12)8(11)13/h14H,1-3,5-7H2,(H2,11,13). The number of likely N-dealkylation sites (tertiary alicyclic amines) is 1. The fourth-order valence-electron chi connectivity index (χ4n) is 1.60. The Morgan fingerprint density at radius 2 is 2.14 bits per heavy atom. The topological polar surface area (TPSA) is 90.3 Å². The molecule has 1 fully saturated rings. The van der Waals surface area contributed by atoms with Crippen LogP contribution < -0.4 is 5.73 Å². The van der Waals surface area contributed by atoms with E-state index >= 15 is 0 Å². The van der Waals surface area contributed by atoms with Crippen LogP contribution in [0.5, 0.6) is 0 Å². The second-order valence-electron chi connectivity index (χ2n) is 3.65. The third-order valence-electron chi connectivity index (χ3n) is 2.68. The van der Waals surface area contributed by atoms with Gasteiger partial charge in [-0.05, 0) is 12.8 Å². The zero-order valence-electron chi connectivity index (χ0n) is 8.07. The molecule has 0 aliphatic carbocycles. The van der Waals surface area contributed by atoms with Gasteiger partial charge in [0.05, 0.1) is 6.07 Å². The van der Waals surface area contributed by atoms with E-state index < -0.39 is 11.5 Å². The summed E-state index contributed by atoms with van der Waals surface area (Å²) in [5, 5.41) is 18.1. The van der Waals surface area contributed by atoms with E-state index in [0.29, 0.717) is 38.9 Å². The number of primary amides is 1. The highest BCUT2D eigenvalue weighted by atomic mass is 16.3. The molecule has 1 aliphatic rings. The predicted octanol–water partition coefficient (Wildman–Crippen LogP) is -0.788. The first kappa shape index (κ1) is 11.0. The molecule has 1 heterocycles. The molecule has 1 amide bonds. The van der Waals surface area contributed by atoms with Crippen molar-refractivity contribution in [3.63, 3.8) is 0 Å². The van der Waals surface area contributed by atoms with Crippen molar-refractivity contribution < 1.29 is 9.90 Å². The molecule has 1 rings (SSSR count). The smallest absolute Gasteiger partial charge is 0.249 e. The molecular formula is C9H15N3O2. The maximum Gasteiger partial charge on any atom is 0.249 e. The molecule has 0 aromatic rings. The number of carbonyl (C=O) groups excluding carboxylic acids is 1. The van der Waals surface area contributed by atoms with Gasteiger partial charge in [0.25, 0.3) is 0 Å². The summed E-state index contributed by atoms with van der Waals surface area (Å²) in [6.07, 6.45) is 1.22. The molecule has 5 heteroatoms. The lowest BCUT2D eigenvalue weighted by Gasteiger charge is -2.35. The molecule has 0 aromatic carbocycles. The number of rotatable bonds is 3. The van der Waals surface area contributed by atoms with Gasteiger partial charge in [-0.1, -0.05) is 0 Å². The molecule has 0 atom stereocenters. The van der Waals surface area contributed by atoms with E-state index in [1.807, 2.05) is 0 Å². The number of nitrogens with two attached hydrogens (primary N) is 1. The Labute approximate surface area is 83.1 Å². The average Bonchev–Trinajstić information content (AvgIpc) is 2.17. The fourth-order valence-corrected chi connectivity index (χ4v) is 1.60. The van der Waals surface area contributed by atoms with Crippen molar-refractivity contribution in [2.45, 2.75) is 24.9 Å². The number of piperidine rings is 1. The molecule has 1 saturated heterocycles. The second-order valence-corrected chi connectivity index (χ2v) is 3.65. The summed E-state index contributed by atoms with van der Waals surface area (Å²) < 4.78 is 0. The molecule has 0 aromatic heterocycles. The van der Waals surface area contributed by atoms with E-state index in [9.17, 15) is 9.90 Å². The van der Waals surface area contributed by atoms with Crippen molar-refractivity contribution in [2.24, 2.45) is 5.73 Å². The van der Waals surface area contributed by atoms with Gasteiger partial charge in [-0.25, -0.2) is 0 Å². The molecule has 5 nitrogen and oxygen atoms in total. The number of aliphatic hydroxyl groups is 1. The first-order chi connectivity index (χ1) is 6.58. The van der Waals surface area contributed by atoms with E-state index in [4.69, 9.17) is 11.0 Å². The molecule has 0 radical (unpaired) electrons. The summed E-state index contributed by atoms with van der Waals surface area (Å²) in [5.74, 6) is -0.641. The van der Waals surface area contributed by atoms with E-state index in [0.717, 1.165) is 0 Å². The van der Waals surface area contributed by atoms with E-state index in [2.05, 4.69) is 11.0 Å². The Morgan fingerprint density at radius 1 is 1.57 bits per heavy atom. The zero-order chi connectivity index (χ0) is 10.6. The van der Waals surface area contributed by atoms with Crippen molar-refractivity contribution in [2.75, 3.05) is 19.6 Å². The second kappa shape index (κ2) is 4.40. The highest BCUT2D eigenvalue weighted by Gasteiger charge is 2.37. The minimum absolute atomic E-state index is 0.369. The van der Waals surface area contributed by atoms with Crippen molar-refractivity contribution in [1.82, 2.24) is 4.90 Å². The zero-order valence-corrected chi connectivity index (χ0v) is 8.07. The Hall–Kier alpha value is -1.12. The van der Waals surface area contributed by atoms with Crippen LogP contribution in [-0.4, -0.2) is 41.1 Å².